The molecule has 1 aromatic carbocycles. The molecule has 2 aromatic heterocycles. The van der Waals surface area contributed by atoms with Gasteiger partial charge in [0.25, 0.3) is 0 Å². The third-order valence-corrected chi connectivity index (χ3v) is 5.11. The summed E-state index contributed by atoms with van der Waals surface area (Å²) in [4.78, 5) is 10.1. The monoisotopic (exact) mass is 369 g/mol. The van der Waals surface area contributed by atoms with E-state index in [1.165, 1.54) is 4.88 Å². The maximum absolute atomic E-state index is 5.41. The lowest BCUT2D eigenvalue weighted by molar-refractivity contribution is 0.422. The smallest absolute Gasteiger partial charge is 0.191 e. The molecule has 0 aliphatic heterocycles. The van der Waals surface area contributed by atoms with Crippen LogP contribution in [0.25, 0.3) is 11.3 Å². The van der Waals surface area contributed by atoms with Crippen LogP contribution in [0.4, 0.5) is 0 Å². The van der Waals surface area contributed by atoms with E-state index in [2.05, 4.69) is 32.7 Å². The van der Waals surface area contributed by atoms with E-state index in [4.69, 9.17) is 4.52 Å². The average Bonchev–Trinajstić information content (AvgIpc) is 3.25. The molecule has 0 atom stereocenters. The normalized spacial score (nSPS) is 11.6. The highest BCUT2D eigenvalue weighted by atomic mass is 32.1. The average molecular weight is 369 g/mol. The summed E-state index contributed by atoms with van der Waals surface area (Å²) in [6, 6.07) is 11.9. The molecule has 0 unspecified atom stereocenters. The van der Waals surface area contributed by atoms with Crippen LogP contribution in [0.2, 0.25) is 0 Å². The van der Waals surface area contributed by atoms with Crippen molar-refractivity contribution in [1.82, 2.24) is 20.8 Å². The van der Waals surface area contributed by atoms with Crippen molar-refractivity contribution in [2.75, 3.05) is 13.6 Å². The molecule has 0 amide bonds. The molecule has 0 saturated carbocycles. The minimum Gasteiger partial charge on any atom is -0.356 e. The van der Waals surface area contributed by atoms with Gasteiger partial charge >= 0.3 is 0 Å². The first-order valence-corrected chi connectivity index (χ1v) is 9.36. The number of thiazole rings is 1. The number of aromatic nitrogens is 2. The SMILES string of the molecule is CN=C(NCCc1nc(C)c(C)s1)NCc1cc(-c2ccccc2)on1. The third kappa shape index (κ3) is 4.70. The van der Waals surface area contributed by atoms with Gasteiger partial charge < -0.3 is 15.2 Å². The highest BCUT2D eigenvalue weighted by Gasteiger charge is 2.08. The summed E-state index contributed by atoms with van der Waals surface area (Å²) < 4.78 is 5.41. The molecule has 0 saturated heterocycles. The third-order valence-electron chi connectivity index (χ3n) is 3.98. The Balaban J connectivity index is 1.47. The first kappa shape index (κ1) is 18.1. The number of aryl methyl sites for hydroxylation is 2. The van der Waals surface area contributed by atoms with E-state index in [0.29, 0.717) is 6.54 Å². The fraction of sp³-hybridized carbons (Fsp3) is 0.316. The topological polar surface area (TPSA) is 75.3 Å². The summed E-state index contributed by atoms with van der Waals surface area (Å²) >= 11 is 1.75. The molecule has 7 heteroatoms. The van der Waals surface area contributed by atoms with E-state index >= 15 is 0 Å². The van der Waals surface area contributed by atoms with Gasteiger partial charge in [-0.15, -0.1) is 11.3 Å². The Kier molecular flexibility index (Phi) is 6.01. The van der Waals surface area contributed by atoms with Crippen LogP contribution in [-0.2, 0) is 13.0 Å². The van der Waals surface area contributed by atoms with Crippen molar-refractivity contribution in [3.63, 3.8) is 0 Å². The molecular formula is C19H23N5OS. The molecule has 0 fully saturated rings. The van der Waals surface area contributed by atoms with E-state index in [-0.39, 0.29) is 0 Å². The summed E-state index contributed by atoms with van der Waals surface area (Å²) in [5, 5.41) is 11.8. The molecule has 3 rings (SSSR count). The van der Waals surface area contributed by atoms with Crippen molar-refractivity contribution in [2.45, 2.75) is 26.8 Å². The largest absolute Gasteiger partial charge is 0.356 e. The molecule has 2 heterocycles. The lowest BCUT2D eigenvalue weighted by Gasteiger charge is -2.09. The zero-order chi connectivity index (χ0) is 18.4. The summed E-state index contributed by atoms with van der Waals surface area (Å²) in [6.07, 6.45) is 0.877. The van der Waals surface area contributed by atoms with Crippen LogP contribution in [0, 0.1) is 13.8 Å². The molecule has 2 N–H and O–H groups in total. The maximum atomic E-state index is 5.41. The van der Waals surface area contributed by atoms with Crippen LogP contribution in [-0.4, -0.2) is 29.7 Å². The minimum absolute atomic E-state index is 0.547. The number of rotatable bonds is 6. The summed E-state index contributed by atoms with van der Waals surface area (Å²) in [5.41, 5.74) is 2.97. The zero-order valence-electron chi connectivity index (χ0n) is 15.2. The van der Waals surface area contributed by atoms with Crippen LogP contribution in [0.1, 0.15) is 21.3 Å². The van der Waals surface area contributed by atoms with Crippen molar-refractivity contribution in [2.24, 2.45) is 4.99 Å². The number of aliphatic imine (C=N–C) groups is 1. The second-order valence-corrected chi connectivity index (χ2v) is 7.19. The van der Waals surface area contributed by atoms with Gasteiger partial charge in [-0.25, -0.2) is 4.98 Å². The Morgan fingerprint density at radius 2 is 2.00 bits per heavy atom. The van der Waals surface area contributed by atoms with Crippen molar-refractivity contribution in [3.8, 4) is 11.3 Å². The Hall–Kier alpha value is -2.67. The molecule has 136 valence electrons. The molecule has 26 heavy (non-hydrogen) atoms. The lowest BCUT2D eigenvalue weighted by Crippen LogP contribution is -2.37. The van der Waals surface area contributed by atoms with Crippen molar-refractivity contribution < 1.29 is 4.52 Å². The van der Waals surface area contributed by atoms with Crippen molar-refractivity contribution in [3.05, 3.63) is 57.7 Å². The number of nitrogens with zero attached hydrogens (tertiary/aromatic N) is 3. The zero-order valence-corrected chi connectivity index (χ0v) is 16.1. The van der Waals surface area contributed by atoms with Gasteiger partial charge in [0, 0.05) is 36.5 Å². The van der Waals surface area contributed by atoms with Gasteiger partial charge in [0.15, 0.2) is 11.7 Å². The van der Waals surface area contributed by atoms with E-state index in [0.717, 1.165) is 46.6 Å². The summed E-state index contributed by atoms with van der Waals surface area (Å²) in [7, 11) is 1.76. The molecule has 0 bridgehead atoms. The van der Waals surface area contributed by atoms with Crippen molar-refractivity contribution >= 4 is 17.3 Å². The van der Waals surface area contributed by atoms with Gasteiger partial charge in [0.1, 0.15) is 5.69 Å². The standard InChI is InChI=1S/C19H23N5OS/c1-13-14(2)26-18(23-13)9-10-21-19(20-3)22-12-16-11-17(25-24-16)15-7-5-4-6-8-15/h4-8,11H,9-10,12H2,1-3H3,(H2,20,21,22). The van der Waals surface area contributed by atoms with Crippen LogP contribution in [0.5, 0.6) is 0 Å². The predicted octanol–water partition coefficient (Wildman–Crippen LogP) is 3.32. The number of hydrogen-bond acceptors (Lipinski definition) is 5. The summed E-state index contributed by atoms with van der Waals surface area (Å²) in [5.74, 6) is 1.50. The highest BCUT2D eigenvalue weighted by Crippen LogP contribution is 2.19. The molecular weight excluding hydrogens is 346 g/mol. The lowest BCUT2D eigenvalue weighted by atomic mass is 10.2. The Labute approximate surface area is 157 Å². The van der Waals surface area contributed by atoms with Gasteiger partial charge in [0.05, 0.1) is 17.2 Å². The van der Waals surface area contributed by atoms with Crippen LogP contribution >= 0.6 is 11.3 Å². The second kappa shape index (κ2) is 8.62. The molecule has 0 radical (unpaired) electrons. The fourth-order valence-electron chi connectivity index (χ4n) is 2.46. The molecule has 0 aliphatic carbocycles. The van der Waals surface area contributed by atoms with Gasteiger partial charge in [0.2, 0.25) is 0 Å². The number of hydrogen-bond donors (Lipinski definition) is 2. The van der Waals surface area contributed by atoms with E-state index in [1.54, 1.807) is 18.4 Å². The molecule has 6 nitrogen and oxygen atoms in total. The number of nitrogens with one attached hydrogen (secondary N) is 2. The van der Waals surface area contributed by atoms with Gasteiger partial charge in [-0.2, -0.15) is 0 Å². The first-order chi connectivity index (χ1) is 12.7. The van der Waals surface area contributed by atoms with E-state index in [1.807, 2.05) is 43.3 Å². The second-order valence-electron chi connectivity index (χ2n) is 5.90. The van der Waals surface area contributed by atoms with Gasteiger partial charge in [-0.3, -0.25) is 4.99 Å². The molecule has 0 spiro atoms. The van der Waals surface area contributed by atoms with Gasteiger partial charge in [-0.05, 0) is 13.8 Å². The molecule has 0 aliphatic rings. The van der Waals surface area contributed by atoms with Crippen LogP contribution < -0.4 is 10.6 Å². The fourth-order valence-corrected chi connectivity index (χ4v) is 3.40. The minimum atomic E-state index is 0.547. The van der Waals surface area contributed by atoms with Crippen LogP contribution in [0.15, 0.2) is 45.9 Å². The van der Waals surface area contributed by atoms with Crippen molar-refractivity contribution in [1.29, 1.82) is 0 Å². The predicted molar refractivity (Wildman–Crippen MR) is 105 cm³/mol. The first-order valence-electron chi connectivity index (χ1n) is 8.54. The van der Waals surface area contributed by atoms with E-state index < -0.39 is 0 Å². The Morgan fingerprint density at radius 3 is 2.69 bits per heavy atom. The number of guanidine groups is 1. The number of benzene rings is 1. The molecule has 3 aromatic rings. The van der Waals surface area contributed by atoms with E-state index in [9.17, 15) is 0 Å². The Morgan fingerprint density at radius 1 is 1.19 bits per heavy atom. The van der Waals surface area contributed by atoms with Crippen LogP contribution in [0.3, 0.4) is 0 Å². The quantitative estimate of drug-likeness (QED) is 0.515. The highest BCUT2D eigenvalue weighted by molar-refractivity contribution is 7.11. The summed E-state index contributed by atoms with van der Waals surface area (Å²) in [6.45, 7) is 5.47. The maximum Gasteiger partial charge on any atom is 0.191 e. The Bertz CT molecular complexity index is 850. The van der Waals surface area contributed by atoms with Gasteiger partial charge in [-0.1, -0.05) is 35.5 Å².